The molecule has 0 saturated heterocycles. The fourth-order valence-corrected chi connectivity index (χ4v) is 2.70. The molecule has 2 aromatic rings. The van der Waals surface area contributed by atoms with Crippen LogP contribution in [0, 0.1) is 6.92 Å². The van der Waals surface area contributed by atoms with Crippen molar-refractivity contribution in [2.75, 3.05) is 25.1 Å². The molecule has 1 aliphatic rings. The fourth-order valence-electron chi connectivity index (χ4n) is 2.70. The van der Waals surface area contributed by atoms with Crippen molar-refractivity contribution >= 4 is 16.6 Å². The molecule has 4 nitrogen and oxygen atoms in total. The number of aromatic nitrogens is 1. The zero-order chi connectivity index (χ0) is 14.1. The molecule has 1 aromatic carbocycles. The zero-order valence-corrected chi connectivity index (χ0v) is 12.2. The van der Waals surface area contributed by atoms with Crippen LogP contribution in [0.15, 0.2) is 12.1 Å². The van der Waals surface area contributed by atoms with Crippen molar-refractivity contribution in [3.63, 3.8) is 0 Å². The minimum absolute atomic E-state index is 0.602. The highest BCUT2D eigenvalue weighted by Crippen LogP contribution is 2.38. The lowest BCUT2D eigenvalue weighted by Gasteiger charge is -2.21. The lowest BCUT2D eigenvalue weighted by atomic mass is 10.0. The smallest absolute Gasteiger partial charge is 0.163 e. The molecular weight excluding hydrogens is 252 g/mol. The van der Waals surface area contributed by atoms with E-state index < -0.39 is 0 Å². The van der Waals surface area contributed by atoms with Crippen molar-refractivity contribution in [2.45, 2.75) is 27.2 Å². The summed E-state index contributed by atoms with van der Waals surface area (Å²) in [7, 11) is 0. The first-order valence-corrected chi connectivity index (χ1v) is 7.21. The Morgan fingerprint density at radius 3 is 2.50 bits per heavy atom. The van der Waals surface area contributed by atoms with Gasteiger partial charge in [0.25, 0.3) is 0 Å². The molecular formula is C16H20N2O2. The Morgan fingerprint density at radius 2 is 1.85 bits per heavy atom. The van der Waals surface area contributed by atoms with Gasteiger partial charge < -0.3 is 14.8 Å². The number of benzene rings is 1. The molecule has 3 rings (SSSR count). The molecule has 0 amide bonds. The van der Waals surface area contributed by atoms with E-state index in [4.69, 9.17) is 14.5 Å². The number of fused-ring (bicyclic) bond motifs is 2. The highest BCUT2D eigenvalue weighted by Gasteiger charge is 2.17. The molecule has 1 N–H and O–H groups in total. The molecule has 1 aliphatic heterocycles. The predicted molar refractivity (Wildman–Crippen MR) is 81.0 cm³/mol. The topological polar surface area (TPSA) is 43.4 Å². The van der Waals surface area contributed by atoms with Gasteiger partial charge in [0.1, 0.15) is 13.2 Å². The Balaban J connectivity index is 2.27. The average Bonchev–Trinajstić information content (AvgIpc) is 2.48. The van der Waals surface area contributed by atoms with Crippen molar-refractivity contribution in [2.24, 2.45) is 0 Å². The van der Waals surface area contributed by atoms with Gasteiger partial charge >= 0.3 is 0 Å². The third-order valence-electron chi connectivity index (χ3n) is 3.68. The molecule has 0 atom stereocenters. The highest BCUT2D eigenvalue weighted by molar-refractivity contribution is 5.95. The minimum atomic E-state index is 0.602. The van der Waals surface area contributed by atoms with Crippen LogP contribution in [-0.4, -0.2) is 24.7 Å². The number of anilines is 1. The van der Waals surface area contributed by atoms with E-state index in [1.165, 1.54) is 5.56 Å². The summed E-state index contributed by atoms with van der Waals surface area (Å²) < 4.78 is 11.3. The summed E-state index contributed by atoms with van der Waals surface area (Å²) in [6, 6.07) is 4.03. The standard InChI is InChI=1S/C16H20N2O2/c1-4-12-10(3)16(17-5-2)11-8-14-15(9-13(11)18-12)20-7-6-19-14/h8-9H,4-7H2,1-3H3,(H,17,18). The summed E-state index contributed by atoms with van der Waals surface area (Å²) in [6.07, 6.45) is 0.925. The summed E-state index contributed by atoms with van der Waals surface area (Å²) in [5, 5.41) is 4.57. The number of hydrogen-bond acceptors (Lipinski definition) is 4. The average molecular weight is 272 g/mol. The van der Waals surface area contributed by atoms with E-state index in [2.05, 4.69) is 26.1 Å². The maximum absolute atomic E-state index is 5.68. The SMILES string of the molecule is CCNc1c(C)c(CC)nc2cc3c(cc12)OCCO3. The minimum Gasteiger partial charge on any atom is -0.486 e. The highest BCUT2D eigenvalue weighted by atomic mass is 16.6. The van der Waals surface area contributed by atoms with Crippen LogP contribution >= 0.6 is 0 Å². The number of aryl methyl sites for hydroxylation is 1. The molecule has 0 aliphatic carbocycles. The lowest BCUT2D eigenvalue weighted by Crippen LogP contribution is -2.15. The molecule has 0 saturated carbocycles. The van der Waals surface area contributed by atoms with Crippen LogP contribution in [0.2, 0.25) is 0 Å². The summed E-state index contributed by atoms with van der Waals surface area (Å²) in [4.78, 5) is 4.77. The largest absolute Gasteiger partial charge is 0.486 e. The van der Waals surface area contributed by atoms with E-state index in [-0.39, 0.29) is 0 Å². The van der Waals surface area contributed by atoms with Crippen LogP contribution in [0.1, 0.15) is 25.1 Å². The second-order valence-corrected chi connectivity index (χ2v) is 4.96. The maximum Gasteiger partial charge on any atom is 0.163 e. The van der Waals surface area contributed by atoms with Crippen LogP contribution in [-0.2, 0) is 6.42 Å². The fraction of sp³-hybridized carbons (Fsp3) is 0.438. The molecule has 0 fully saturated rings. The summed E-state index contributed by atoms with van der Waals surface area (Å²) >= 11 is 0. The number of hydrogen-bond donors (Lipinski definition) is 1. The second kappa shape index (κ2) is 5.19. The van der Waals surface area contributed by atoms with E-state index in [0.29, 0.717) is 13.2 Å². The summed E-state index contributed by atoms with van der Waals surface area (Å²) in [6.45, 7) is 8.46. The van der Waals surface area contributed by atoms with E-state index in [1.807, 2.05) is 12.1 Å². The third-order valence-corrected chi connectivity index (χ3v) is 3.68. The lowest BCUT2D eigenvalue weighted by molar-refractivity contribution is 0.172. The van der Waals surface area contributed by atoms with E-state index in [0.717, 1.165) is 46.7 Å². The molecule has 106 valence electrons. The van der Waals surface area contributed by atoms with Crippen LogP contribution in [0.3, 0.4) is 0 Å². The number of pyridine rings is 1. The monoisotopic (exact) mass is 272 g/mol. The van der Waals surface area contributed by atoms with E-state index in [9.17, 15) is 0 Å². The van der Waals surface area contributed by atoms with Gasteiger partial charge in [0.2, 0.25) is 0 Å². The summed E-state index contributed by atoms with van der Waals surface area (Å²) in [5.74, 6) is 1.61. The first-order valence-electron chi connectivity index (χ1n) is 7.21. The van der Waals surface area contributed by atoms with Gasteiger partial charge in [-0.2, -0.15) is 0 Å². The Hall–Kier alpha value is -1.97. The molecule has 0 spiro atoms. The molecule has 0 unspecified atom stereocenters. The van der Waals surface area contributed by atoms with Crippen LogP contribution in [0.5, 0.6) is 11.5 Å². The molecule has 2 heterocycles. The molecule has 1 aromatic heterocycles. The second-order valence-electron chi connectivity index (χ2n) is 4.96. The van der Waals surface area contributed by atoms with Gasteiger partial charge in [-0.3, -0.25) is 4.98 Å². The Labute approximate surface area is 119 Å². The van der Waals surface area contributed by atoms with E-state index in [1.54, 1.807) is 0 Å². The Morgan fingerprint density at radius 1 is 1.15 bits per heavy atom. The number of nitrogens with one attached hydrogen (secondary N) is 1. The van der Waals surface area contributed by atoms with Crippen LogP contribution < -0.4 is 14.8 Å². The van der Waals surface area contributed by atoms with Crippen LogP contribution in [0.25, 0.3) is 10.9 Å². The Kier molecular flexibility index (Phi) is 3.38. The number of ether oxygens (including phenoxy) is 2. The summed E-state index contributed by atoms with van der Waals surface area (Å²) in [5.41, 5.74) is 4.47. The normalized spacial score (nSPS) is 13.6. The van der Waals surface area contributed by atoms with Gasteiger partial charge in [-0.1, -0.05) is 6.92 Å². The maximum atomic E-state index is 5.68. The van der Waals surface area contributed by atoms with Crippen molar-refractivity contribution in [3.05, 3.63) is 23.4 Å². The third kappa shape index (κ3) is 2.05. The molecule has 20 heavy (non-hydrogen) atoms. The first kappa shape index (κ1) is 13.0. The Bertz CT molecular complexity index is 653. The quantitative estimate of drug-likeness (QED) is 0.931. The van der Waals surface area contributed by atoms with Crippen molar-refractivity contribution in [1.82, 2.24) is 4.98 Å². The first-order chi connectivity index (χ1) is 9.74. The van der Waals surface area contributed by atoms with Crippen molar-refractivity contribution in [1.29, 1.82) is 0 Å². The van der Waals surface area contributed by atoms with Crippen LogP contribution in [0.4, 0.5) is 5.69 Å². The van der Waals surface area contributed by atoms with Gasteiger partial charge in [-0.05, 0) is 31.9 Å². The molecule has 4 heteroatoms. The van der Waals surface area contributed by atoms with Gasteiger partial charge in [0.05, 0.1) is 5.52 Å². The number of rotatable bonds is 3. The van der Waals surface area contributed by atoms with E-state index >= 15 is 0 Å². The van der Waals surface area contributed by atoms with Crippen molar-refractivity contribution < 1.29 is 9.47 Å². The van der Waals surface area contributed by atoms with Gasteiger partial charge in [-0.25, -0.2) is 0 Å². The predicted octanol–water partition coefficient (Wildman–Crippen LogP) is 3.31. The van der Waals surface area contributed by atoms with Crippen molar-refractivity contribution in [3.8, 4) is 11.5 Å². The van der Waals surface area contributed by atoms with Gasteiger partial charge in [0, 0.05) is 29.4 Å². The zero-order valence-electron chi connectivity index (χ0n) is 12.2. The van der Waals surface area contributed by atoms with Gasteiger partial charge in [0.15, 0.2) is 11.5 Å². The number of nitrogens with zero attached hydrogens (tertiary/aromatic N) is 1. The van der Waals surface area contributed by atoms with Gasteiger partial charge in [-0.15, -0.1) is 0 Å². The molecule has 0 bridgehead atoms. The molecule has 0 radical (unpaired) electrons.